The molecule has 2 heterocycles. The van der Waals surface area contributed by atoms with Crippen LogP contribution in [0.3, 0.4) is 0 Å². The van der Waals surface area contributed by atoms with Crippen LogP contribution >= 0.6 is 11.3 Å². The van der Waals surface area contributed by atoms with Crippen LogP contribution in [0.5, 0.6) is 11.5 Å². The summed E-state index contributed by atoms with van der Waals surface area (Å²) in [5, 5.41) is 10.1. The maximum absolute atomic E-state index is 12.4. The van der Waals surface area contributed by atoms with Crippen LogP contribution in [0.4, 0.5) is 5.13 Å². The van der Waals surface area contributed by atoms with Crippen molar-refractivity contribution in [2.45, 2.75) is 6.92 Å². The van der Waals surface area contributed by atoms with Gasteiger partial charge in [0.25, 0.3) is 0 Å². The zero-order chi connectivity index (χ0) is 18.5. The standard InChI is InChI=1S/C18H22N4O3S/c1-13-19-20-18(26-13)22-10-8-21(9-11-22)17(23)7-5-14-4-6-15(24-2)16(12-14)25-3/h4-7,12H,8-11H2,1-3H3/b7-5+. The van der Waals surface area contributed by atoms with E-state index in [-0.39, 0.29) is 5.91 Å². The van der Waals surface area contributed by atoms with E-state index in [1.807, 2.05) is 30.0 Å². The highest BCUT2D eigenvalue weighted by Gasteiger charge is 2.21. The Kier molecular flexibility index (Phi) is 5.72. The average Bonchev–Trinajstić information content (AvgIpc) is 3.12. The minimum Gasteiger partial charge on any atom is -0.493 e. The number of anilines is 1. The minimum atomic E-state index is 0.00730. The summed E-state index contributed by atoms with van der Waals surface area (Å²) in [6, 6.07) is 5.56. The smallest absolute Gasteiger partial charge is 0.246 e. The van der Waals surface area contributed by atoms with Crippen molar-refractivity contribution in [3.8, 4) is 11.5 Å². The molecule has 1 aliphatic rings. The van der Waals surface area contributed by atoms with Crippen LogP contribution in [0.15, 0.2) is 24.3 Å². The van der Waals surface area contributed by atoms with Crippen molar-refractivity contribution in [3.05, 3.63) is 34.8 Å². The summed E-state index contributed by atoms with van der Waals surface area (Å²) in [5.74, 6) is 1.31. The van der Waals surface area contributed by atoms with Gasteiger partial charge in [-0.1, -0.05) is 17.4 Å². The number of carbonyl (C=O) groups is 1. The lowest BCUT2D eigenvalue weighted by atomic mass is 10.2. The number of benzene rings is 1. The molecule has 0 aliphatic carbocycles. The molecule has 1 aliphatic heterocycles. The molecule has 138 valence electrons. The SMILES string of the molecule is COc1ccc(/C=C/C(=O)N2CCN(c3nnc(C)s3)CC2)cc1OC. The summed E-state index contributed by atoms with van der Waals surface area (Å²) in [6.07, 6.45) is 3.40. The first-order valence-electron chi connectivity index (χ1n) is 8.35. The van der Waals surface area contributed by atoms with Crippen LogP contribution in [-0.2, 0) is 4.79 Å². The third kappa shape index (κ3) is 4.13. The van der Waals surface area contributed by atoms with Gasteiger partial charge in [-0.25, -0.2) is 0 Å². The number of ether oxygens (including phenoxy) is 2. The lowest BCUT2D eigenvalue weighted by Gasteiger charge is -2.33. The Morgan fingerprint density at radius 1 is 1.12 bits per heavy atom. The van der Waals surface area contributed by atoms with Gasteiger partial charge in [-0.15, -0.1) is 10.2 Å². The van der Waals surface area contributed by atoms with E-state index in [0.29, 0.717) is 24.6 Å². The van der Waals surface area contributed by atoms with E-state index in [9.17, 15) is 4.79 Å². The van der Waals surface area contributed by atoms with Crippen LogP contribution in [-0.4, -0.2) is 61.4 Å². The van der Waals surface area contributed by atoms with Crippen molar-refractivity contribution in [1.82, 2.24) is 15.1 Å². The number of methoxy groups -OCH3 is 2. The molecule has 1 saturated heterocycles. The van der Waals surface area contributed by atoms with E-state index < -0.39 is 0 Å². The van der Waals surface area contributed by atoms with Crippen LogP contribution in [0, 0.1) is 6.92 Å². The van der Waals surface area contributed by atoms with Gasteiger partial charge in [0.1, 0.15) is 5.01 Å². The van der Waals surface area contributed by atoms with Gasteiger partial charge in [0.05, 0.1) is 14.2 Å². The fourth-order valence-electron chi connectivity index (χ4n) is 2.76. The molecule has 0 N–H and O–H groups in total. The molecular formula is C18H22N4O3S. The molecule has 8 heteroatoms. The second kappa shape index (κ2) is 8.18. The normalized spacial score (nSPS) is 14.7. The van der Waals surface area contributed by atoms with Crippen LogP contribution in [0.1, 0.15) is 10.6 Å². The van der Waals surface area contributed by atoms with Crippen molar-refractivity contribution in [1.29, 1.82) is 0 Å². The number of rotatable bonds is 5. The maximum Gasteiger partial charge on any atom is 0.246 e. The topological polar surface area (TPSA) is 67.8 Å². The Labute approximate surface area is 156 Å². The van der Waals surface area contributed by atoms with E-state index >= 15 is 0 Å². The molecule has 1 aromatic heterocycles. The summed E-state index contributed by atoms with van der Waals surface area (Å²) < 4.78 is 10.5. The molecule has 3 rings (SSSR count). The molecule has 1 fully saturated rings. The zero-order valence-corrected chi connectivity index (χ0v) is 16.0. The Hall–Kier alpha value is -2.61. The van der Waals surface area contributed by atoms with Gasteiger partial charge >= 0.3 is 0 Å². The van der Waals surface area contributed by atoms with Gasteiger partial charge < -0.3 is 19.3 Å². The summed E-state index contributed by atoms with van der Waals surface area (Å²) in [6.45, 7) is 4.83. The Morgan fingerprint density at radius 3 is 2.46 bits per heavy atom. The van der Waals surface area contributed by atoms with Crippen molar-refractivity contribution in [2.75, 3.05) is 45.3 Å². The number of aryl methyl sites for hydroxylation is 1. The second-order valence-electron chi connectivity index (χ2n) is 5.86. The van der Waals surface area contributed by atoms with Gasteiger partial charge in [-0.3, -0.25) is 4.79 Å². The van der Waals surface area contributed by atoms with Crippen LogP contribution < -0.4 is 14.4 Å². The number of hydrogen-bond donors (Lipinski definition) is 0. The molecule has 7 nitrogen and oxygen atoms in total. The number of piperazine rings is 1. The van der Waals surface area contributed by atoms with E-state index in [0.717, 1.165) is 28.8 Å². The Morgan fingerprint density at radius 2 is 1.85 bits per heavy atom. The third-order valence-corrected chi connectivity index (χ3v) is 5.10. The molecule has 0 unspecified atom stereocenters. The highest BCUT2D eigenvalue weighted by Crippen LogP contribution is 2.28. The molecule has 26 heavy (non-hydrogen) atoms. The Balaban J connectivity index is 1.58. The number of carbonyl (C=O) groups excluding carboxylic acids is 1. The molecule has 0 bridgehead atoms. The van der Waals surface area contributed by atoms with Crippen molar-refractivity contribution >= 4 is 28.5 Å². The summed E-state index contributed by atoms with van der Waals surface area (Å²) >= 11 is 1.58. The number of aromatic nitrogens is 2. The molecule has 2 aromatic rings. The van der Waals surface area contributed by atoms with Crippen molar-refractivity contribution in [2.24, 2.45) is 0 Å². The lowest BCUT2D eigenvalue weighted by molar-refractivity contribution is -0.126. The first kappa shape index (κ1) is 18.2. The van der Waals surface area contributed by atoms with Gasteiger partial charge in [-0.05, 0) is 30.7 Å². The van der Waals surface area contributed by atoms with Gasteiger partial charge in [-0.2, -0.15) is 0 Å². The average molecular weight is 374 g/mol. The second-order valence-corrected chi connectivity index (χ2v) is 7.02. The van der Waals surface area contributed by atoms with Gasteiger partial charge in [0, 0.05) is 32.3 Å². The Bertz CT molecular complexity index is 797. The van der Waals surface area contributed by atoms with E-state index in [1.54, 1.807) is 37.7 Å². The molecule has 0 spiro atoms. The van der Waals surface area contributed by atoms with E-state index in [1.165, 1.54) is 0 Å². The largest absolute Gasteiger partial charge is 0.493 e. The summed E-state index contributed by atoms with van der Waals surface area (Å²) in [5.41, 5.74) is 0.888. The number of hydrogen-bond acceptors (Lipinski definition) is 7. The fourth-order valence-corrected chi connectivity index (χ4v) is 3.50. The summed E-state index contributed by atoms with van der Waals surface area (Å²) in [4.78, 5) is 16.5. The van der Waals surface area contributed by atoms with E-state index in [2.05, 4.69) is 15.1 Å². The quantitative estimate of drug-likeness (QED) is 0.748. The minimum absolute atomic E-state index is 0.00730. The van der Waals surface area contributed by atoms with Crippen molar-refractivity contribution < 1.29 is 14.3 Å². The zero-order valence-electron chi connectivity index (χ0n) is 15.1. The predicted molar refractivity (Wildman–Crippen MR) is 102 cm³/mol. The highest BCUT2D eigenvalue weighted by atomic mass is 32.1. The molecule has 1 aromatic carbocycles. The lowest BCUT2D eigenvalue weighted by Crippen LogP contribution is -2.48. The van der Waals surface area contributed by atoms with E-state index in [4.69, 9.17) is 9.47 Å². The van der Waals surface area contributed by atoms with Crippen LogP contribution in [0.25, 0.3) is 6.08 Å². The van der Waals surface area contributed by atoms with Gasteiger partial charge in [0.15, 0.2) is 11.5 Å². The molecule has 0 atom stereocenters. The molecule has 0 saturated carbocycles. The highest BCUT2D eigenvalue weighted by molar-refractivity contribution is 7.15. The monoisotopic (exact) mass is 374 g/mol. The first-order chi connectivity index (χ1) is 12.6. The molecular weight excluding hydrogens is 352 g/mol. The van der Waals surface area contributed by atoms with Crippen molar-refractivity contribution in [3.63, 3.8) is 0 Å². The fraction of sp³-hybridized carbons (Fsp3) is 0.389. The molecule has 0 radical (unpaired) electrons. The van der Waals surface area contributed by atoms with Gasteiger partial charge in [0.2, 0.25) is 11.0 Å². The molecule has 1 amide bonds. The summed E-state index contributed by atoms with van der Waals surface area (Å²) in [7, 11) is 3.19. The predicted octanol–water partition coefficient (Wildman–Crippen LogP) is 2.23. The maximum atomic E-state index is 12.4. The van der Waals surface area contributed by atoms with Crippen LogP contribution in [0.2, 0.25) is 0 Å². The number of nitrogens with zero attached hydrogens (tertiary/aromatic N) is 4. The third-order valence-electron chi connectivity index (χ3n) is 4.20. The first-order valence-corrected chi connectivity index (χ1v) is 9.16. The number of amides is 1.